The van der Waals surface area contributed by atoms with Gasteiger partial charge in [-0.3, -0.25) is 19.5 Å². The fraction of sp³-hybridized carbons (Fsp3) is 0.500. The molecule has 0 aromatic heterocycles. The molecule has 0 radical (unpaired) electrons. The molecular weight excluding hydrogens is 512 g/mol. The second-order valence-electron chi connectivity index (χ2n) is 11.8. The summed E-state index contributed by atoms with van der Waals surface area (Å²) in [6, 6.07) is 12.9. The maximum atomic E-state index is 13.4. The molecule has 0 unspecified atom stereocenters. The highest BCUT2D eigenvalue weighted by atomic mass is 32.2. The molecule has 2 fully saturated rings. The highest BCUT2D eigenvalue weighted by molar-refractivity contribution is 7.89. The lowest BCUT2D eigenvalue weighted by Crippen LogP contribution is -2.40. The van der Waals surface area contributed by atoms with Gasteiger partial charge in [-0.25, -0.2) is 13.6 Å². The minimum atomic E-state index is -4.07. The molecular formula is C30H38N4O4S. The van der Waals surface area contributed by atoms with E-state index in [-0.39, 0.29) is 23.3 Å². The van der Waals surface area contributed by atoms with Gasteiger partial charge in [-0.15, -0.1) is 0 Å². The highest BCUT2D eigenvalue weighted by Gasteiger charge is 2.49. The van der Waals surface area contributed by atoms with Crippen LogP contribution in [0.5, 0.6) is 0 Å². The molecule has 2 amide bonds. The summed E-state index contributed by atoms with van der Waals surface area (Å²) in [6.45, 7) is 7.13. The number of likely N-dealkylation sites (tertiary alicyclic amines) is 1. The van der Waals surface area contributed by atoms with Gasteiger partial charge in [-0.05, 0) is 42.4 Å². The Morgan fingerprint density at radius 3 is 2.23 bits per heavy atom. The van der Waals surface area contributed by atoms with Crippen LogP contribution in [-0.2, 0) is 32.7 Å². The number of aliphatic imine (C=N–C) groups is 1. The van der Waals surface area contributed by atoms with E-state index in [2.05, 4.69) is 6.92 Å². The molecule has 1 saturated carbocycles. The predicted molar refractivity (Wildman–Crippen MR) is 151 cm³/mol. The summed E-state index contributed by atoms with van der Waals surface area (Å²) in [6.07, 6.45) is 6.13. The van der Waals surface area contributed by atoms with Crippen LogP contribution < -0.4 is 5.14 Å². The number of amidine groups is 1. The SMILES string of the molecule is CCCC1=NC2(CCCC2)C(=O)N1Cc1ccc(-c2cccc(CN3CCC(C)(C)C3=O)c2S(N)(=O)=O)cc1. The molecule has 1 spiro atoms. The first-order chi connectivity index (χ1) is 18.4. The van der Waals surface area contributed by atoms with Crippen LogP contribution in [0.1, 0.15) is 76.8 Å². The van der Waals surface area contributed by atoms with Gasteiger partial charge in [0.05, 0.1) is 11.4 Å². The van der Waals surface area contributed by atoms with Crippen molar-refractivity contribution < 1.29 is 18.0 Å². The van der Waals surface area contributed by atoms with Crippen LogP contribution in [0, 0.1) is 5.41 Å². The summed E-state index contributed by atoms with van der Waals surface area (Å²) in [5.41, 5.74) is 1.65. The van der Waals surface area contributed by atoms with E-state index in [0.29, 0.717) is 29.8 Å². The molecule has 208 valence electrons. The number of sulfonamides is 1. The molecule has 0 atom stereocenters. The highest BCUT2D eigenvalue weighted by Crippen LogP contribution is 2.40. The van der Waals surface area contributed by atoms with E-state index in [9.17, 15) is 18.0 Å². The Labute approximate surface area is 231 Å². The van der Waals surface area contributed by atoms with Gasteiger partial charge in [0.1, 0.15) is 11.4 Å². The van der Waals surface area contributed by atoms with Crippen molar-refractivity contribution >= 4 is 27.7 Å². The van der Waals surface area contributed by atoms with Crippen molar-refractivity contribution in [2.24, 2.45) is 15.5 Å². The van der Waals surface area contributed by atoms with Gasteiger partial charge in [0.15, 0.2) is 0 Å². The zero-order valence-electron chi connectivity index (χ0n) is 23.1. The molecule has 9 heteroatoms. The van der Waals surface area contributed by atoms with Crippen molar-refractivity contribution in [3.8, 4) is 11.1 Å². The lowest BCUT2D eigenvalue weighted by Gasteiger charge is -2.23. The molecule has 2 aliphatic heterocycles. The van der Waals surface area contributed by atoms with Crippen LogP contribution in [0.4, 0.5) is 0 Å². The largest absolute Gasteiger partial charge is 0.338 e. The van der Waals surface area contributed by atoms with Gasteiger partial charge in [0.2, 0.25) is 15.9 Å². The van der Waals surface area contributed by atoms with Crippen molar-refractivity contribution in [1.29, 1.82) is 0 Å². The van der Waals surface area contributed by atoms with E-state index >= 15 is 0 Å². The molecule has 5 rings (SSSR count). The van der Waals surface area contributed by atoms with Gasteiger partial charge >= 0.3 is 0 Å². The van der Waals surface area contributed by atoms with E-state index < -0.39 is 21.0 Å². The number of amides is 2. The van der Waals surface area contributed by atoms with Crippen molar-refractivity contribution in [3.05, 3.63) is 53.6 Å². The number of benzene rings is 2. The quantitative estimate of drug-likeness (QED) is 0.517. The number of hydrogen-bond donors (Lipinski definition) is 1. The first kappa shape index (κ1) is 27.5. The van der Waals surface area contributed by atoms with Gasteiger partial charge < -0.3 is 4.90 Å². The summed E-state index contributed by atoms with van der Waals surface area (Å²) in [4.78, 5) is 34.7. The smallest absolute Gasteiger partial charge is 0.256 e. The normalized spacial score (nSPS) is 20.4. The van der Waals surface area contributed by atoms with Crippen LogP contribution >= 0.6 is 0 Å². The Morgan fingerprint density at radius 2 is 1.64 bits per heavy atom. The second kappa shape index (κ2) is 10.2. The Kier molecular flexibility index (Phi) is 7.18. The Morgan fingerprint density at radius 1 is 0.949 bits per heavy atom. The van der Waals surface area contributed by atoms with Crippen LogP contribution in [0.2, 0.25) is 0 Å². The predicted octanol–water partition coefficient (Wildman–Crippen LogP) is 4.61. The van der Waals surface area contributed by atoms with Gasteiger partial charge in [-0.2, -0.15) is 0 Å². The van der Waals surface area contributed by atoms with Crippen molar-refractivity contribution in [2.75, 3.05) is 6.54 Å². The molecule has 1 saturated heterocycles. The lowest BCUT2D eigenvalue weighted by atomic mass is 9.92. The van der Waals surface area contributed by atoms with Gasteiger partial charge in [-0.1, -0.05) is 76.1 Å². The number of carbonyl (C=O) groups excluding carboxylic acids is 2. The van der Waals surface area contributed by atoms with E-state index in [1.165, 1.54) is 0 Å². The first-order valence-electron chi connectivity index (χ1n) is 13.9. The first-order valence-corrected chi connectivity index (χ1v) is 15.4. The summed E-state index contributed by atoms with van der Waals surface area (Å²) in [5, 5.41) is 5.72. The minimum Gasteiger partial charge on any atom is -0.338 e. The second-order valence-corrected chi connectivity index (χ2v) is 13.3. The Bertz CT molecular complexity index is 1420. The molecule has 1 aliphatic carbocycles. The maximum absolute atomic E-state index is 13.4. The number of carbonyl (C=O) groups is 2. The van der Waals surface area contributed by atoms with E-state index in [4.69, 9.17) is 10.1 Å². The fourth-order valence-corrected chi connectivity index (χ4v) is 7.23. The lowest BCUT2D eigenvalue weighted by molar-refractivity contribution is -0.135. The number of nitrogens with two attached hydrogens (primary N) is 1. The number of hydrogen-bond acceptors (Lipinski definition) is 5. The topological polar surface area (TPSA) is 113 Å². The Hall–Kier alpha value is -3.04. The van der Waals surface area contributed by atoms with E-state index in [1.54, 1.807) is 23.1 Å². The van der Waals surface area contributed by atoms with Crippen molar-refractivity contribution in [3.63, 3.8) is 0 Å². The zero-order chi connectivity index (χ0) is 28.0. The standard InChI is InChI=1S/C30H38N4O4S/c1-4-8-25-32-30(15-5-6-16-30)28(36)34(25)19-21-11-13-22(14-12-21)24-10-7-9-23(26(24)39(31,37)38)20-33-18-17-29(2,3)27(33)35/h7,9-14H,4-6,8,15-20H2,1-3H3,(H2,31,37,38). The molecule has 0 bridgehead atoms. The number of primary sulfonamides is 1. The molecule has 39 heavy (non-hydrogen) atoms. The van der Waals surface area contributed by atoms with E-state index in [1.807, 2.05) is 43.0 Å². The average Bonchev–Trinajstić information content (AvgIpc) is 3.54. The third-order valence-corrected chi connectivity index (χ3v) is 9.47. The van der Waals surface area contributed by atoms with Crippen molar-refractivity contribution in [1.82, 2.24) is 9.80 Å². The molecule has 2 heterocycles. The van der Waals surface area contributed by atoms with Gasteiger partial charge in [0, 0.05) is 30.5 Å². The minimum absolute atomic E-state index is 0.0134. The third-order valence-electron chi connectivity index (χ3n) is 8.42. The average molecular weight is 551 g/mol. The molecule has 3 aliphatic rings. The molecule has 2 aromatic carbocycles. The molecule has 2 aromatic rings. The van der Waals surface area contributed by atoms with Crippen LogP contribution in [-0.4, -0.2) is 48.0 Å². The number of nitrogens with zero attached hydrogens (tertiary/aromatic N) is 3. The van der Waals surface area contributed by atoms with Crippen LogP contribution in [0.3, 0.4) is 0 Å². The summed E-state index contributed by atoms with van der Waals surface area (Å²) < 4.78 is 25.6. The fourth-order valence-electron chi connectivity index (χ4n) is 6.24. The monoisotopic (exact) mass is 550 g/mol. The van der Waals surface area contributed by atoms with Gasteiger partial charge in [0.25, 0.3) is 5.91 Å². The molecule has 2 N–H and O–H groups in total. The summed E-state index contributed by atoms with van der Waals surface area (Å²) >= 11 is 0. The van der Waals surface area contributed by atoms with E-state index in [0.717, 1.165) is 56.3 Å². The summed E-state index contributed by atoms with van der Waals surface area (Å²) in [5.74, 6) is 0.994. The van der Waals surface area contributed by atoms with Crippen LogP contribution in [0.15, 0.2) is 52.4 Å². The summed E-state index contributed by atoms with van der Waals surface area (Å²) in [7, 11) is -4.07. The third kappa shape index (κ3) is 5.14. The Balaban J connectivity index is 1.41. The zero-order valence-corrected chi connectivity index (χ0v) is 23.9. The van der Waals surface area contributed by atoms with Crippen molar-refractivity contribution in [2.45, 2.75) is 89.2 Å². The number of rotatable bonds is 8. The maximum Gasteiger partial charge on any atom is 0.256 e. The molecule has 8 nitrogen and oxygen atoms in total. The van der Waals surface area contributed by atoms with Crippen LogP contribution in [0.25, 0.3) is 11.1 Å².